The summed E-state index contributed by atoms with van der Waals surface area (Å²) in [5.74, 6) is -0.164. The minimum absolute atomic E-state index is 0.127. The zero-order valence-electron chi connectivity index (χ0n) is 18.4. The lowest BCUT2D eigenvalue weighted by Gasteiger charge is -2.14. The molecule has 0 aliphatic carbocycles. The van der Waals surface area contributed by atoms with Crippen molar-refractivity contribution in [1.29, 1.82) is 5.26 Å². The van der Waals surface area contributed by atoms with Gasteiger partial charge < -0.3 is 9.47 Å². The van der Waals surface area contributed by atoms with Crippen molar-refractivity contribution < 1.29 is 27.4 Å². The number of hydrogen-bond acceptors (Lipinski definition) is 7. The van der Waals surface area contributed by atoms with Crippen molar-refractivity contribution in [3.05, 3.63) is 68.7 Å². The van der Waals surface area contributed by atoms with Gasteiger partial charge in [-0.1, -0.05) is 35.9 Å². The van der Waals surface area contributed by atoms with Gasteiger partial charge in [-0.25, -0.2) is 0 Å². The predicted octanol–water partition coefficient (Wildman–Crippen LogP) is 5.91. The van der Waals surface area contributed by atoms with Crippen LogP contribution in [0.25, 0.3) is 6.08 Å². The van der Waals surface area contributed by atoms with Crippen LogP contribution in [0.2, 0.25) is 5.02 Å². The molecule has 1 heterocycles. The number of anilines is 1. The molecule has 12 heteroatoms. The fraction of sp³-hybridized carbons (Fsp3) is 0.217. The highest BCUT2D eigenvalue weighted by atomic mass is 35.5. The van der Waals surface area contributed by atoms with E-state index in [1.165, 1.54) is 36.7 Å². The van der Waals surface area contributed by atoms with Gasteiger partial charge in [0.15, 0.2) is 11.5 Å². The Balaban J connectivity index is 1.77. The summed E-state index contributed by atoms with van der Waals surface area (Å²) in [4.78, 5) is 12.4. The van der Waals surface area contributed by atoms with Crippen LogP contribution in [0.3, 0.4) is 0 Å². The van der Waals surface area contributed by atoms with Crippen molar-refractivity contribution in [3.8, 4) is 17.6 Å². The topological polar surface area (TPSA) is 97.1 Å². The van der Waals surface area contributed by atoms with Gasteiger partial charge in [-0.15, -0.1) is 10.2 Å². The molecule has 0 atom stereocenters. The van der Waals surface area contributed by atoms with Gasteiger partial charge in [0.1, 0.15) is 23.3 Å². The van der Waals surface area contributed by atoms with E-state index in [-0.39, 0.29) is 39.4 Å². The minimum Gasteiger partial charge on any atom is -0.493 e. The molecule has 0 radical (unpaired) electrons. The Morgan fingerprint density at radius 1 is 1.23 bits per heavy atom. The SMILES string of the molecule is CCc1nnc(NC(=O)C(C#N)=Cc2ccc(OCc3cc(C(F)(F)F)ccc3Cl)c(OC)c2)s1. The number of aromatic nitrogens is 2. The quantitative estimate of drug-likeness (QED) is 0.292. The highest BCUT2D eigenvalue weighted by Crippen LogP contribution is 2.34. The molecule has 0 saturated heterocycles. The van der Waals surface area contributed by atoms with Gasteiger partial charge in [-0.2, -0.15) is 18.4 Å². The number of methoxy groups -OCH3 is 1. The number of ether oxygens (including phenoxy) is 2. The molecule has 0 unspecified atom stereocenters. The molecule has 1 N–H and O–H groups in total. The minimum atomic E-state index is -4.51. The summed E-state index contributed by atoms with van der Waals surface area (Å²) in [6, 6.07) is 9.41. The number of halogens is 4. The zero-order chi connectivity index (χ0) is 25.6. The Morgan fingerprint density at radius 3 is 2.63 bits per heavy atom. The smallest absolute Gasteiger partial charge is 0.416 e. The van der Waals surface area contributed by atoms with Gasteiger partial charge in [-0.3, -0.25) is 10.1 Å². The number of carbonyl (C=O) groups is 1. The average Bonchev–Trinajstić information content (AvgIpc) is 3.28. The lowest BCUT2D eigenvalue weighted by Crippen LogP contribution is -2.13. The van der Waals surface area contributed by atoms with Crippen LogP contribution in [-0.4, -0.2) is 23.2 Å². The molecular weight excluding hydrogens is 505 g/mol. The second kappa shape index (κ2) is 11.2. The van der Waals surface area contributed by atoms with Crippen molar-refractivity contribution in [1.82, 2.24) is 10.2 Å². The maximum atomic E-state index is 13.0. The third kappa shape index (κ3) is 6.71. The number of amides is 1. The molecule has 3 aromatic rings. The van der Waals surface area contributed by atoms with Crippen LogP contribution in [0.5, 0.6) is 11.5 Å². The van der Waals surface area contributed by atoms with Gasteiger partial charge in [0.2, 0.25) is 5.13 Å². The molecule has 0 aliphatic rings. The molecule has 1 aromatic heterocycles. The Kier molecular flexibility index (Phi) is 8.32. The molecule has 0 spiro atoms. The summed E-state index contributed by atoms with van der Waals surface area (Å²) >= 11 is 7.23. The molecule has 0 fully saturated rings. The summed E-state index contributed by atoms with van der Waals surface area (Å²) in [6.45, 7) is 1.67. The van der Waals surface area contributed by atoms with E-state index < -0.39 is 17.6 Å². The monoisotopic (exact) mass is 522 g/mol. The summed E-state index contributed by atoms with van der Waals surface area (Å²) in [6.07, 6.45) is -2.49. The Labute approximate surface area is 207 Å². The number of benzene rings is 2. The van der Waals surface area contributed by atoms with Crippen LogP contribution < -0.4 is 14.8 Å². The first-order chi connectivity index (χ1) is 16.6. The largest absolute Gasteiger partial charge is 0.493 e. The average molecular weight is 523 g/mol. The fourth-order valence-electron chi connectivity index (χ4n) is 2.84. The first-order valence-electron chi connectivity index (χ1n) is 10.1. The van der Waals surface area contributed by atoms with Crippen LogP contribution in [0, 0.1) is 11.3 Å². The van der Waals surface area contributed by atoms with E-state index in [9.17, 15) is 23.2 Å². The van der Waals surface area contributed by atoms with Crippen molar-refractivity contribution in [2.24, 2.45) is 0 Å². The van der Waals surface area contributed by atoms with Crippen LogP contribution in [0.1, 0.15) is 28.6 Å². The molecular formula is C23H18ClF3N4O3S. The van der Waals surface area contributed by atoms with E-state index in [0.717, 1.165) is 23.2 Å². The van der Waals surface area contributed by atoms with E-state index >= 15 is 0 Å². The molecule has 182 valence electrons. The predicted molar refractivity (Wildman–Crippen MR) is 125 cm³/mol. The Bertz CT molecular complexity index is 1300. The van der Waals surface area contributed by atoms with Gasteiger partial charge in [0, 0.05) is 10.6 Å². The van der Waals surface area contributed by atoms with E-state index in [1.54, 1.807) is 6.07 Å². The lowest BCUT2D eigenvalue weighted by atomic mass is 10.1. The number of alkyl halides is 3. The fourth-order valence-corrected chi connectivity index (χ4v) is 3.68. The molecule has 7 nitrogen and oxygen atoms in total. The molecule has 0 saturated carbocycles. The van der Waals surface area contributed by atoms with Crippen molar-refractivity contribution >= 4 is 40.1 Å². The highest BCUT2D eigenvalue weighted by Gasteiger charge is 2.31. The maximum Gasteiger partial charge on any atom is 0.416 e. The van der Waals surface area contributed by atoms with Crippen molar-refractivity contribution in [3.63, 3.8) is 0 Å². The van der Waals surface area contributed by atoms with Crippen LogP contribution in [-0.2, 0) is 24.0 Å². The molecule has 2 aromatic carbocycles. The van der Waals surface area contributed by atoms with E-state index in [1.807, 2.05) is 13.0 Å². The normalized spacial score (nSPS) is 11.6. The summed E-state index contributed by atoms with van der Waals surface area (Å²) in [5, 5.41) is 20.9. The Hall–Kier alpha value is -3.62. The number of nitriles is 1. The number of aryl methyl sites for hydroxylation is 1. The number of carbonyl (C=O) groups excluding carboxylic acids is 1. The third-order valence-electron chi connectivity index (χ3n) is 4.61. The third-order valence-corrected chi connectivity index (χ3v) is 5.96. The molecule has 35 heavy (non-hydrogen) atoms. The number of nitrogens with zero attached hydrogens (tertiary/aromatic N) is 3. The Morgan fingerprint density at radius 2 is 2.00 bits per heavy atom. The van der Waals surface area contributed by atoms with Crippen LogP contribution in [0.4, 0.5) is 18.3 Å². The van der Waals surface area contributed by atoms with Crippen molar-refractivity contribution in [2.75, 3.05) is 12.4 Å². The van der Waals surface area contributed by atoms with Gasteiger partial charge in [-0.05, 0) is 48.4 Å². The van der Waals surface area contributed by atoms with Gasteiger partial charge in [0.05, 0.1) is 12.7 Å². The van der Waals surface area contributed by atoms with E-state index in [2.05, 4.69) is 15.5 Å². The maximum absolute atomic E-state index is 13.0. The first kappa shape index (κ1) is 26.0. The highest BCUT2D eigenvalue weighted by molar-refractivity contribution is 7.15. The summed E-state index contributed by atoms with van der Waals surface area (Å²) < 4.78 is 49.9. The summed E-state index contributed by atoms with van der Waals surface area (Å²) in [5.41, 5.74) is -0.400. The lowest BCUT2D eigenvalue weighted by molar-refractivity contribution is -0.137. The zero-order valence-corrected chi connectivity index (χ0v) is 20.0. The summed E-state index contributed by atoms with van der Waals surface area (Å²) in [7, 11) is 1.38. The first-order valence-corrected chi connectivity index (χ1v) is 11.3. The molecule has 3 rings (SSSR count). The van der Waals surface area contributed by atoms with Crippen molar-refractivity contribution in [2.45, 2.75) is 26.1 Å². The molecule has 0 bridgehead atoms. The second-order valence-electron chi connectivity index (χ2n) is 6.98. The number of hydrogen-bond donors (Lipinski definition) is 1. The van der Waals surface area contributed by atoms with Crippen LogP contribution >= 0.6 is 22.9 Å². The molecule has 1 amide bonds. The van der Waals surface area contributed by atoms with E-state index in [4.69, 9.17) is 21.1 Å². The number of rotatable bonds is 8. The standard InChI is InChI=1S/C23H18ClF3N4O3S/c1-3-20-30-31-22(35-20)29-21(32)14(11-28)8-13-4-7-18(19(9-13)33-2)34-12-15-10-16(23(25,26)27)5-6-17(15)24/h4-10H,3,12H2,1-2H3,(H,29,31,32). The van der Waals surface area contributed by atoms with Gasteiger partial charge >= 0.3 is 6.18 Å². The van der Waals surface area contributed by atoms with E-state index in [0.29, 0.717) is 12.0 Å². The second-order valence-corrected chi connectivity index (χ2v) is 8.45. The molecule has 0 aliphatic heterocycles. The number of nitrogens with one attached hydrogen (secondary N) is 1. The van der Waals surface area contributed by atoms with Crippen LogP contribution in [0.15, 0.2) is 42.0 Å². The van der Waals surface area contributed by atoms with Gasteiger partial charge in [0.25, 0.3) is 5.91 Å².